The summed E-state index contributed by atoms with van der Waals surface area (Å²) in [4.78, 5) is 36.0. The molecule has 0 amide bonds. The molecule has 2 aromatic carbocycles. The van der Waals surface area contributed by atoms with Gasteiger partial charge in [0.15, 0.2) is 46.5 Å². The first-order valence-electron chi connectivity index (χ1n) is 14.6. The van der Waals surface area contributed by atoms with Crippen molar-refractivity contribution in [1.82, 2.24) is 19.9 Å². The third-order valence-corrected chi connectivity index (χ3v) is 7.45. The van der Waals surface area contributed by atoms with Crippen molar-refractivity contribution in [3.05, 3.63) is 165 Å². The van der Waals surface area contributed by atoms with E-state index in [4.69, 9.17) is 10.2 Å². The number of hydrogen-bond donors (Lipinski definition) is 2. The molecule has 0 radical (unpaired) electrons. The quantitative estimate of drug-likeness (QED) is 0.0718. The largest absolute Gasteiger partial charge is 0.477 e. The van der Waals surface area contributed by atoms with E-state index in [0.29, 0.717) is 0 Å². The van der Waals surface area contributed by atoms with Gasteiger partial charge in [0.1, 0.15) is 11.1 Å². The average Bonchev–Trinajstić information content (AvgIpc) is 3.21. The fourth-order valence-electron chi connectivity index (χ4n) is 3.46. The van der Waals surface area contributed by atoms with Crippen LogP contribution in [0.3, 0.4) is 0 Å². The number of rotatable bonds is 6. The summed E-state index contributed by atoms with van der Waals surface area (Å²) >= 11 is 4.48. The highest BCUT2D eigenvalue weighted by atomic mass is 79.9. The van der Waals surface area contributed by atoms with Crippen molar-refractivity contribution in [3.8, 4) is 0 Å². The summed E-state index contributed by atoms with van der Waals surface area (Å²) in [5.74, 6) is -19.0. The molecule has 4 aromatic heterocycles. The molecule has 0 atom stereocenters. The molecule has 0 fully saturated rings. The van der Waals surface area contributed by atoms with Gasteiger partial charge in [-0.25, -0.2) is 44.7 Å². The summed E-state index contributed by atoms with van der Waals surface area (Å²) < 4.78 is 99.7. The molecular weight excluding hydrogens is 896 g/mol. The van der Waals surface area contributed by atoms with Gasteiger partial charge in [0.05, 0.1) is 31.7 Å². The number of aromatic carboxylic acids is 2. The summed E-state index contributed by atoms with van der Waals surface area (Å²) in [6.07, 6.45) is 13.5. The first-order chi connectivity index (χ1) is 26.6. The lowest BCUT2D eigenvalue weighted by molar-refractivity contribution is 0.0672. The van der Waals surface area contributed by atoms with Crippen molar-refractivity contribution >= 4 is 66.5 Å². The van der Waals surface area contributed by atoms with Gasteiger partial charge < -0.3 is 10.2 Å². The Bertz CT molecular complexity index is 2030. The maximum absolute atomic E-state index is 12.8. The van der Waals surface area contributed by atoms with Crippen LogP contribution in [0.2, 0.25) is 0 Å². The molecule has 6 aromatic rings. The van der Waals surface area contributed by atoms with E-state index in [9.17, 15) is 44.7 Å². The van der Waals surface area contributed by atoms with E-state index >= 15 is 0 Å². The van der Waals surface area contributed by atoms with Crippen LogP contribution in [0.4, 0.5) is 57.9 Å². The zero-order chi connectivity index (χ0) is 41.4. The lowest BCUT2D eigenvalue weighted by Gasteiger charge is -2.04. The van der Waals surface area contributed by atoms with Gasteiger partial charge in [-0.1, -0.05) is 0 Å². The van der Waals surface area contributed by atoms with Gasteiger partial charge in [-0.05, 0) is 80.4 Å². The summed E-state index contributed by atoms with van der Waals surface area (Å²) in [5.41, 5.74) is -0.145. The number of carboxylic acid groups (broad SMARTS) is 2. The maximum atomic E-state index is 12.8. The molecule has 2 N–H and O–H groups in total. The Morgan fingerprint density at radius 3 is 0.732 bits per heavy atom. The van der Waals surface area contributed by atoms with Gasteiger partial charge >= 0.3 is 11.9 Å². The normalized spacial score (nSPS) is 10.5. The Morgan fingerprint density at radius 1 is 0.393 bits per heavy atom. The second-order valence-corrected chi connectivity index (χ2v) is 11.3. The Kier molecular flexibility index (Phi) is 16.9. The molecule has 0 spiro atoms. The summed E-state index contributed by atoms with van der Waals surface area (Å²) in [6.45, 7) is 0. The summed E-state index contributed by atoms with van der Waals surface area (Å²) in [6, 6.07) is 14.4. The van der Waals surface area contributed by atoms with Crippen molar-refractivity contribution in [1.29, 1.82) is 0 Å². The van der Waals surface area contributed by atoms with Gasteiger partial charge in [-0.2, -0.15) is 20.5 Å². The first-order valence-corrected chi connectivity index (χ1v) is 16.2. The zero-order valence-corrected chi connectivity index (χ0v) is 30.5. The number of hydrogen-bond acceptors (Lipinski definition) is 10. The highest BCUT2D eigenvalue weighted by Crippen LogP contribution is 2.29. The number of azo groups is 2. The number of benzene rings is 2. The molecule has 288 valence electrons. The van der Waals surface area contributed by atoms with Crippen molar-refractivity contribution in [3.63, 3.8) is 0 Å². The molecule has 0 saturated carbocycles. The highest BCUT2D eigenvalue weighted by molar-refractivity contribution is 9.10. The SMILES string of the molecule is O=C(O)c1c(F)c(F)c(Br)c(F)c1F.O=C(O)c1c(F)c(F)c(Br)c(F)c1F.c1cc(N=Nc2ccncc2)ccn1.c1cc(N=Nc2ccncc2)ccn1. The van der Waals surface area contributed by atoms with Crippen LogP contribution in [-0.2, 0) is 0 Å². The van der Waals surface area contributed by atoms with Crippen LogP contribution in [0.25, 0.3) is 0 Å². The maximum Gasteiger partial charge on any atom is 0.341 e. The minimum atomic E-state index is -2.08. The predicted octanol–water partition coefficient (Wildman–Crippen LogP) is 11.2. The Hall–Kier alpha value is -6.42. The molecule has 6 rings (SSSR count). The monoisotopic (exact) mass is 912 g/mol. The molecule has 0 unspecified atom stereocenters. The third kappa shape index (κ3) is 12.3. The Morgan fingerprint density at radius 2 is 0.571 bits per heavy atom. The van der Waals surface area contributed by atoms with Crippen molar-refractivity contribution < 1.29 is 54.9 Å². The van der Waals surface area contributed by atoms with E-state index in [2.05, 4.69) is 72.3 Å². The molecule has 0 saturated heterocycles. The number of aromatic nitrogens is 4. The van der Waals surface area contributed by atoms with Crippen LogP contribution in [0.5, 0.6) is 0 Å². The minimum Gasteiger partial charge on any atom is -0.477 e. The second kappa shape index (κ2) is 21.5. The number of halogens is 10. The van der Waals surface area contributed by atoms with Crippen LogP contribution >= 0.6 is 31.9 Å². The number of carbonyl (C=O) groups is 2. The van der Waals surface area contributed by atoms with E-state index in [-0.39, 0.29) is 0 Å². The molecule has 0 aliphatic carbocycles. The summed E-state index contributed by atoms with van der Waals surface area (Å²) in [7, 11) is 0. The van der Waals surface area contributed by atoms with Crippen molar-refractivity contribution in [2.24, 2.45) is 20.5 Å². The highest BCUT2D eigenvalue weighted by Gasteiger charge is 2.29. The van der Waals surface area contributed by atoms with Gasteiger partial charge in [0.2, 0.25) is 0 Å². The Labute approximate surface area is 325 Å². The topological polar surface area (TPSA) is 176 Å². The second-order valence-electron chi connectivity index (χ2n) is 9.72. The Balaban J connectivity index is 0.000000200. The molecule has 0 bridgehead atoms. The molecule has 12 nitrogen and oxygen atoms in total. The lowest BCUT2D eigenvalue weighted by Crippen LogP contribution is -2.10. The van der Waals surface area contributed by atoms with E-state index < -0.39 is 78.5 Å². The molecule has 0 aliphatic rings. The van der Waals surface area contributed by atoms with Crippen LogP contribution in [0, 0.1) is 46.5 Å². The smallest absolute Gasteiger partial charge is 0.341 e. The van der Waals surface area contributed by atoms with Gasteiger partial charge in [0.25, 0.3) is 0 Å². The fraction of sp³-hybridized carbons (Fsp3) is 0. The van der Waals surface area contributed by atoms with Gasteiger partial charge in [-0.15, -0.1) is 0 Å². The van der Waals surface area contributed by atoms with E-state index in [1.165, 1.54) is 0 Å². The predicted molar refractivity (Wildman–Crippen MR) is 187 cm³/mol. The van der Waals surface area contributed by atoms with Crippen LogP contribution < -0.4 is 0 Å². The number of nitrogens with zero attached hydrogens (tertiary/aromatic N) is 8. The molecule has 4 heterocycles. The van der Waals surface area contributed by atoms with Crippen LogP contribution in [-0.4, -0.2) is 42.1 Å². The molecular formula is C34H18Br2F8N8O4. The number of pyridine rings is 4. The van der Waals surface area contributed by atoms with E-state index in [0.717, 1.165) is 22.7 Å². The van der Waals surface area contributed by atoms with Crippen LogP contribution in [0.1, 0.15) is 20.7 Å². The van der Waals surface area contributed by atoms with Crippen molar-refractivity contribution in [2.45, 2.75) is 0 Å². The zero-order valence-electron chi connectivity index (χ0n) is 27.3. The van der Waals surface area contributed by atoms with Crippen LogP contribution in [0.15, 0.2) is 128 Å². The van der Waals surface area contributed by atoms with E-state index in [1.807, 2.05) is 0 Å². The first kappa shape index (κ1) is 44.0. The lowest BCUT2D eigenvalue weighted by atomic mass is 10.2. The average molecular weight is 914 g/mol. The van der Waals surface area contributed by atoms with E-state index in [1.54, 1.807) is 98.1 Å². The van der Waals surface area contributed by atoms with Gasteiger partial charge in [-0.3, -0.25) is 19.9 Å². The third-order valence-electron chi connectivity index (χ3n) is 6.06. The molecule has 0 aliphatic heterocycles. The molecule has 56 heavy (non-hydrogen) atoms. The fourth-order valence-corrected chi connectivity index (χ4v) is 4.16. The number of carboxylic acids is 2. The molecule has 22 heteroatoms. The minimum absolute atomic E-state index is 0.789. The summed E-state index contributed by atoms with van der Waals surface area (Å²) in [5, 5.41) is 32.7. The van der Waals surface area contributed by atoms with Crippen molar-refractivity contribution in [2.75, 3.05) is 0 Å². The van der Waals surface area contributed by atoms with Gasteiger partial charge in [0, 0.05) is 49.6 Å². The standard InChI is InChI=1S/2C10H8N4.2C7HBrF4O2/c2*1-5-11-6-2-9(1)13-14-10-3-7-12-8-4-10;2*8-2-5(11)3(9)1(7(13)14)4(10)6(2)12/h2*1-8H;2*(H,13,14).